The van der Waals surface area contributed by atoms with E-state index in [1.54, 1.807) is 21.3 Å². The van der Waals surface area contributed by atoms with Crippen LogP contribution in [0.2, 0.25) is 10.0 Å². The summed E-state index contributed by atoms with van der Waals surface area (Å²) in [5, 5.41) is 2.54. The van der Waals surface area contributed by atoms with Gasteiger partial charge in [0.1, 0.15) is 0 Å². The molecule has 2 rings (SSSR count). The summed E-state index contributed by atoms with van der Waals surface area (Å²) in [5.74, 6) is 0. The lowest BCUT2D eigenvalue weighted by Crippen LogP contribution is -2.06. The Morgan fingerprint density at radius 2 is 1.24 bits per heavy atom. The zero-order valence-electron chi connectivity index (χ0n) is 19.2. The van der Waals surface area contributed by atoms with Gasteiger partial charge in [0.15, 0.2) is 15.2 Å². The molecular weight excluding hydrogens is 515 g/mol. The van der Waals surface area contributed by atoms with Gasteiger partial charge >= 0.3 is 0 Å². The molecule has 2 aromatic rings. The first-order chi connectivity index (χ1) is 15.6. The molecule has 3 nitrogen and oxygen atoms in total. The summed E-state index contributed by atoms with van der Waals surface area (Å²) in [6, 6.07) is 7.82. The molecule has 0 unspecified atom stereocenters. The van der Waals surface area contributed by atoms with Crippen LogP contribution in [0.15, 0.2) is 30.3 Å². The molecule has 0 bridgehead atoms. The van der Waals surface area contributed by atoms with Crippen molar-refractivity contribution >= 4 is 80.6 Å². The SMILES string of the molecule is COC(=S)CCCC=C(c1cc(Cl)c(C)c(C(=S)OC)c1)c1cc(Cl)c(C)c(C(=S)OC)c1. The zero-order valence-corrected chi connectivity index (χ0v) is 23.2. The Morgan fingerprint density at radius 1 is 0.788 bits per heavy atom. The number of benzene rings is 2. The lowest BCUT2D eigenvalue weighted by molar-refractivity contribution is 0.400. The Kier molecular flexibility index (Phi) is 10.7. The molecule has 2 aromatic carbocycles. The van der Waals surface area contributed by atoms with Crippen molar-refractivity contribution in [1.82, 2.24) is 0 Å². The summed E-state index contributed by atoms with van der Waals surface area (Å²) in [6.45, 7) is 3.83. The van der Waals surface area contributed by atoms with E-state index in [-0.39, 0.29) is 0 Å². The first-order valence-corrected chi connectivity index (χ1v) is 12.2. The molecule has 0 aliphatic rings. The Bertz CT molecular complexity index is 1040. The van der Waals surface area contributed by atoms with E-state index in [2.05, 4.69) is 6.08 Å². The molecule has 0 amide bonds. The van der Waals surface area contributed by atoms with E-state index < -0.39 is 0 Å². The summed E-state index contributed by atoms with van der Waals surface area (Å²) >= 11 is 29.2. The molecule has 8 heteroatoms. The van der Waals surface area contributed by atoms with E-state index in [9.17, 15) is 0 Å². The van der Waals surface area contributed by atoms with Crippen molar-refractivity contribution in [1.29, 1.82) is 0 Å². The van der Waals surface area contributed by atoms with Crippen LogP contribution in [0.5, 0.6) is 0 Å². The first-order valence-electron chi connectivity index (χ1n) is 10.2. The fraction of sp³-hybridized carbons (Fsp3) is 0.320. The summed E-state index contributed by atoms with van der Waals surface area (Å²) in [7, 11) is 4.69. The summed E-state index contributed by atoms with van der Waals surface area (Å²) in [4.78, 5) is 0. The van der Waals surface area contributed by atoms with E-state index in [4.69, 9.17) is 74.1 Å². The second-order valence-electron chi connectivity index (χ2n) is 7.33. The molecule has 0 heterocycles. The van der Waals surface area contributed by atoms with Crippen LogP contribution in [0.25, 0.3) is 5.57 Å². The standard InChI is InChI=1S/C25H26Cl2O3S3/c1-14-19(24(32)29-4)10-16(12-21(14)26)18(8-6-7-9-23(31)28-3)17-11-20(25(33)30-5)15(2)22(27)13-17/h8,10-13H,6-7,9H2,1-5H3. The van der Waals surface area contributed by atoms with Crippen LogP contribution in [0, 0.1) is 13.8 Å². The lowest BCUT2D eigenvalue weighted by atomic mass is 9.91. The van der Waals surface area contributed by atoms with Crippen LogP contribution in [-0.4, -0.2) is 36.5 Å². The molecular formula is C25H26Cl2O3S3. The molecule has 0 aliphatic carbocycles. The van der Waals surface area contributed by atoms with E-state index in [1.165, 1.54) is 0 Å². The van der Waals surface area contributed by atoms with Gasteiger partial charge in [0, 0.05) is 27.6 Å². The third-order valence-electron chi connectivity index (χ3n) is 5.28. The van der Waals surface area contributed by atoms with Gasteiger partial charge in [0.05, 0.1) is 21.3 Å². The minimum absolute atomic E-state index is 0.379. The van der Waals surface area contributed by atoms with Gasteiger partial charge in [-0.05, 0) is 115 Å². The van der Waals surface area contributed by atoms with Crippen LogP contribution in [0.3, 0.4) is 0 Å². The maximum Gasteiger partial charge on any atom is 0.191 e. The molecule has 0 spiro atoms. The highest BCUT2D eigenvalue weighted by Crippen LogP contribution is 2.34. The second kappa shape index (κ2) is 12.8. The van der Waals surface area contributed by atoms with Crippen molar-refractivity contribution in [3.05, 3.63) is 73.8 Å². The first kappa shape index (κ1) is 27.7. The van der Waals surface area contributed by atoms with Crippen molar-refractivity contribution < 1.29 is 14.2 Å². The molecule has 0 radical (unpaired) electrons. The lowest BCUT2D eigenvalue weighted by Gasteiger charge is -2.17. The zero-order chi connectivity index (χ0) is 24.7. The summed E-state index contributed by atoms with van der Waals surface area (Å²) in [5.41, 5.74) is 5.99. The second-order valence-corrected chi connectivity index (χ2v) is 9.34. The highest BCUT2D eigenvalue weighted by molar-refractivity contribution is 7.80. The Balaban J connectivity index is 2.67. The van der Waals surface area contributed by atoms with Gasteiger partial charge < -0.3 is 14.2 Å². The summed E-state index contributed by atoms with van der Waals surface area (Å²) < 4.78 is 15.8. The number of hydrogen-bond acceptors (Lipinski definition) is 6. The van der Waals surface area contributed by atoms with E-state index in [1.807, 2.05) is 38.1 Å². The van der Waals surface area contributed by atoms with Crippen molar-refractivity contribution in [2.45, 2.75) is 33.1 Å². The molecule has 0 aromatic heterocycles. The topological polar surface area (TPSA) is 27.7 Å². The van der Waals surface area contributed by atoms with Crippen molar-refractivity contribution in [2.24, 2.45) is 0 Å². The number of allylic oxidation sites excluding steroid dienone is 1. The number of hydrogen-bond donors (Lipinski definition) is 0. The Hall–Kier alpha value is -1.57. The molecule has 0 aliphatic heterocycles. The van der Waals surface area contributed by atoms with Gasteiger partial charge in [0.25, 0.3) is 0 Å². The smallest absolute Gasteiger partial charge is 0.191 e. The van der Waals surface area contributed by atoms with Gasteiger partial charge in [0.2, 0.25) is 0 Å². The van der Waals surface area contributed by atoms with Crippen LogP contribution in [-0.2, 0) is 14.2 Å². The Morgan fingerprint density at radius 3 is 1.64 bits per heavy atom. The van der Waals surface area contributed by atoms with Gasteiger partial charge in [-0.1, -0.05) is 29.3 Å². The third kappa shape index (κ3) is 6.96. The number of methoxy groups -OCH3 is 3. The van der Waals surface area contributed by atoms with E-state index in [0.717, 1.165) is 51.8 Å². The molecule has 176 valence electrons. The number of rotatable bonds is 8. The van der Waals surface area contributed by atoms with Gasteiger partial charge in [-0.2, -0.15) is 0 Å². The van der Waals surface area contributed by atoms with E-state index >= 15 is 0 Å². The molecule has 0 atom stereocenters. The van der Waals surface area contributed by atoms with Gasteiger partial charge in [-0.15, -0.1) is 0 Å². The highest BCUT2D eigenvalue weighted by atomic mass is 35.5. The average molecular weight is 542 g/mol. The van der Waals surface area contributed by atoms with Crippen molar-refractivity contribution in [2.75, 3.05) is 21.3 Å². The fourth-order valence-corrected chi connectivity index (χ4v) is 4.32. The molecule has 0 N–H and O–H groups in total. The molecule has 0 saturated carbocycles. The van der Waals surface area contributed by atoms with Crippen molar-refractivity contribution in [3.8, 4) is 0 Å². The van der Waals surface area contributed by atoms with Gasteiger partial charge in [-0.3, -0.25) is 0 Å². The average Bonchev–Trinajstić information content (AvgIpc) is 2.81. The Labute approximate surface area is 222 Å². The largest absolute Gasteiger partial charge is 0.490 e. The highest BCUT2D eigenvalue weighted by Gasteiger charge is 2.17. The monoisotopic (exact) mass is 540 g/mol. The van der Waals surface area contributed by atoms with Crippen LogP contribution >= 0.6 is 59.9 Å². The minimum Gasteiger partial charge on any atom is -0.490 e. The number of unbranched alkanes of at least 4 members (excludes halogenated alkanes) is 1. The molecule has 0 fully saturated rings. The quantitative estimate of drug-likeness (QED) is 0.250. The minimum atomic E-state index is 0.379. The van der Waals surface area contributed by atoms with E-state index in [0.29, 0.717) is 31.6 Å². The maximum atomic E-state index is 6.59. The maximum absolute atomic E-state index is 6.59. The number of thiocarbonyl (C=S) groups is 3. The molecule has 33 heavy (non-hydrogen) atoms. The normalized spacial score (nSPS) is 10.4. The van der Waals surface area contributed by atoms with Gasteiger partial charge in [-0.25, -0.2) is 0 Å². The van der Waals surface area contributed by atoms with Crippen LogP contribution in [0.4, 0.5) is 0 Å². The number of ether oxygens (including phenoxy) is 3. The van der Waals surface area contributed by atoms with Crippen LogP contribution in [0.1, 0.15) is 52.6 Å². The predicted octanol–water partition coefficient (Wildman–Crippen LogP) is 7.83. The third-order valence-corrected chi connectivity index (χ3v) is 7.21. The summed E-state index contributed by atoms with van der Waals surface area (Å²) in [6.07, 6.45) is 4.43. The van der Waals surface area contributed by atoms with Crippen molar-refractivity contribution in [3.63, 3.8) is 0 Å². The molecule has 0 saturated heterocycles. The predicted molar refractivity (Wildman–Crippen MR) is 150 cm³/mol. The number of halogens is 2. The fourth-order valence-electron chi connectivity index (χ4n) is 3.31. The van der Waals surface area contributed by atoms with Crippen LogP contribution < -0.4 is 0 Å².